The second kappa shape index (κ2) is 18.8. The first-order chi connectivity index (χ1) is 31.9. The van der Waals surface area contributed by atoms with Crippen LogP contribution in [0.5, 0.6) is 0 Å². The fourth-order valence-corrected chi connectivity index (χ4v) is 7.52. The Hall–Kier alpha value is -7.62. The highest BCUT2D eigenvalue weighted by Gasteiger charge is 2.69. The van der Waals surface area contributed by atoms with Gasteiger partial charge in [-0.25, -0.2) is 10.5 Å². The summed E-state index contributed by atoms with van der Waals surface area (Å²) >= 11 is 0. The average Bonchev–Trinajstić information content (AvgIpc) is 4.22. The second-order valence-corrected chi connectivity index (χ2v) is 16.8. The van der Waals surface area contributed by atoms with Crippen LogP contribution in [0.2, 0.25) is 0 Å². The first-order valence-corrected chi connectivity index (χ1v) is 20.8. The zero-order chi connectivity index (χ0) is 49.7. The predicted octanol–water partition coefficient (Wildman–Crippen LogP) is 9.13. The Morgan fingerprint density at radius 2 is 1.26 bits per heavy atom. The maximum Gasteiger partial charge on any atom is 0.404 e. The van der Waals surface area contributed by atoms with Gasteiger partial charge >= 0.3 is 18.3 Å². The average molecular weight is 963 g/mol. The van der Waals surface area contributed by atoms with Crippen LogP contribution < -0.4 is 27.6 Å². The van der Waals surface area contributed by atoms with Crippen LogP contribution >= 0.6 is 0 Å². The lowest BCUT2D eigenvalue weighted by molar-refractivity contribution is -0.202. The summed E-state index contributed by atoms with van der Waals surface area (Å²) in [6.45, 7) is 7.56. The maximum absolute atomic E-state index is 13.3. The van der Waals surface area contributed by atoms with E-state index in [-0.39, 0.29) is 56.1 Å². The zero-order valence-corrected chi connectivity index (χ0v) is 37.3. The van der Waals surface area contributed by atoms with Gasteiger partial charge < -0.3 is 29.8 Å². The third-order valence-corrected chi connectivity index (χ3v) is 12.0. The first kappa shape index (κ1) is 50.8. The Morgan fingerprint density at radius 3 is 1.70 bits per heavy atom. The van der Waals surface area contributed by atoms with Crippen molar-refractivity contribution in [3.05, 3.63) is 122 Å². The molecule has 5 heterocycles. The Kier molecular flexibility index (Phi) is 13.8. The summed E-state index contributed by atoms with van der Waals surface area (Å²) in [7, 11) is 3.46. The molecule has 0 atom stereocenters. The Labute approximate surface area is 389 Å². The van der Waals surface area contributed by atoms with Gasteiger partial charge in [-0.15, -0.1) is 0 Å². The number of carbonyl (C=O) groups is 1. The van der Waals surface area contributed by atoms with Gasteiger partial charge in [0.25, 0.3) is 17.1 Å². The summed E-state index contributed by atoms with van der Waals surface area (Å²) in [4.78, 5) is 52.6. The lowest BCUT2D eigenvalue weighted by Crippen LogP contribution is -2.32. The monoisotopic (exact) mass is 962 g/mol. The molecule has 2 fully saturated rings. The van der Waals surface area contributed by atoms with Gasteiger partial charge in [0.05, 0.1) is 16.7 Å². The molecule has 22 heteroatoms. The number of aryl methyl sites for hydroxylation is 6. The number of hydroxylamine groups is 1. The number of nitrogens with one attached hydrogen (secondary N) is 2. The number of benzene rings is 2. The number of pyridine rings is 4. The van der Waals surface area contributed by atoms with E-state index >= 15 is 0 Å². The van der Waals surface area contributed by atoms with E-state index in [1.165, 1.54) is 0 Å². The third-order valence-electron chi connectivity index (χ3n) is 12.0. The number of nitrogens with two attached hydrogens (primary N) is 1. The van der Waals surface area contributed by atoms with Crippen LogP contribution in [0.4, 0.5) is 43.7 Å². The molecular weight excluding hydrogens is 915 g/mol. The van der Waals surface area contributed by atoms with Crippen molar-refractivity contribution in [2.45, 2.75) is 78.6 Å². The van der Waals surface area contributed by atoms with Crippen molar-refractivity contribution < 1.29 is 46.0 Å². The van der Waals surface area contributed by atoms with Crippen LogP contribution in [0, 0.1) is 33.1 Å². The minimum atomic E-state index is -4.57. The van der Waals surface area contributed by atoms with E-state index in [9.17, 15) is 40.7 Å². The number of carboxylic acids is 1. The maximum atomic E-state index is 13.3. The highest BCUT2D eigenvalue weighted by molar-refractivity contribution is 5.87. The normalized spacial score (nSPS) is 14.7. The topological polar surface area (TPSA) is 229 Å². The van der Waals surface area contributed by atoms with E-state index < -0.39 is 35.0 Å². The van der Waals surface area contributed by atoms with Gasteiger partial charge in [0.2, 0.25) is 11.9 Å². The van der Waals surface area contributed by atoms with Crippen LogP contribution in [0.1, 0.15) is 61.5 Å². The highest BCUT2D eigenvalue weighted by atomic mass is 19.4. The number of alkyl halides is 6. The van der Waals surface area contributed by atoms with Crippen LogP contribution in [0.15, 0.2) is 92.2 Å². The van der Waals surface area contributed by atoms with Crippen LogP contribution in [-0.2, 0) is 24.3 Å². The molecule has 2 aliphatic rings. The molecule has 0 bridgehead atoms. The number of aliphatic carboxylic acids is 1. The molecule has 2 aliphatic carbocycles. The summed E-state index contributed by atoms with van der Waals surface area (Å²) in [6, 6.07) is 18.1. The Balaban J connectivity index is 0.000000191. The van der Waals surface area contributed by atoms with Gasteiger partial charge in [-0.2, -0.15) is 31.3 Å². The minimum absolute atomic E-state index is 0. The molecule has 5 aromatic heterocycles. The molecule has 9 rings (SSSR count). The molecule has 0 saturated heterocycles. The quantitative estimate of drug-likeness (QED) is 0.0435. The molecule has 0 radical (unpaired) electrons. The van der Waals surface area contributed by atoms with E-state index in [0.29, 0.717) is 28.1 Å². The second-order valence-electron chi connectivity index (χ2n) is 16.8. The van der Waals surface area contributed by atoms with E-state index in [2.05, 4.69) is 30.4 Å². The zero-order valence-electron chi connectivity index (χ0n) is 37.3. The molecule has 0 unspecified atom stereocenters. The van der Waals surface area contributed by atoms with E-state index in [1.54, 1.807) is 71.4 Å². The number of rotatable bonds is 7. The van der Waals surface area contributed by atoms with Gasteiger partial charge in [0, 0.05) is 65.5 Å². The predicted molar refractivity (Wildman–Crippen MR) is 247 cm³/mol. The number of aromatic nitrogens is 6. The van der Waals surface area contributed by atoms with Gasteiger partial charge in [0.1, 0.15) is 5.41 Å². The molecule has 2 saturated carbocycles. The molecule has 2 aromatic carbocycles. The van der Waals surface area contributed by atoms with Crippen molar-refractivity contribution in [3.63, 3.8) is 0 Å². The number of guanidine groups is 1. The number of anilines is 2. The molecule has 16 nitrogen and oxygen atoms in total. The van der Waals surface area contributed by atoms with Gasteiger partial charge in [-0.1, -0.05) is 19.6 Å². The number of aliphatic imine (C=N–C) groups is 1. The molecule has 6 N–H and O–H groups in total. The molecule has 0 spiro atoms. The van der Waals surface area contributed by atoms with E-state index in [1.807, 2.05) is 58.0 Å². The summed E-state index contributed by atoms with van der Waals surface area (Å²) < 4.78 is 83.4. The molecular formula is C47H48F6N10O6. The SMILES string of the molecule is C.Cc1cc2c(cn1)cc(-c1cc(N=C(N)NO)ccc1C)c(=O)n2C.Cc1cc2c(cn1)cc(-c1cc(Nc3noc(C4(C(F)(F)F)CC4)n3)ccc1C)c(=O)n2C.O=C(O)C1(C(F)(F)F)CC1. The minimum Gasteiger partial charge on any atom is -0.481 e. The molecule has 364 valence electrons. The lowest BCUT2D eigenvalue weighted by atomic mass is 9.99. The highest BCUT2D eigenvalue weighted by Crippen LogP contribution is 2.59. The summed E-state index contributed by atoms with van der Waals surface area (Å²) in [5.74, 6) is -2.38. The van der Waals surface area contributed by atoms with E-state index in [4.69, 9.17) is 20.6 Å². The number of nitrogens with zero attached hydrogens (tertiary/aromatic N) is 7. The largest absolute Gasteiger partial charge is 0.481 e. The van der Waals surface area contributed by atoms with Crippen molar-refractivity contribution in [3.8, 4) is 22.3 Å². The molecule has 0 amide bonds. The Bertz CT molecular complexity index is 3260. The smallest absolute Gasteiger partial charge is 0.404 e. The fourth-order valence-electron chi connectivity index (χ4n) is 7.52. The van der Waals surface area contributed by atoms with Crippen LogP contribution in [0.25, 0.3) is 44.1 Å². The fraction of sp³-hybridized carbons (Fsp3) is 0.319. The number of carboxylic acid groups (broad SMARTS) is 1. The molecule has 69 heavy (non-hydrogen) atoms. The lowest BCUT2D eigenvalue weighted by Gasteiger charge is -2.14. The summed E-state index contributed by atoms with van der Waals surface area (Å²) in [5.41, 5.74) is 11.2. The number of hydrogen-bond donors (Lipinski definition) is 5. The van der Waals surface area contributed by atoms with Crippen molar-refractivity contribution in [2.24, 2.45) is 30.2 Å². The number of fused-ring (bicyclic) bond motifs is 2. The number of hydrogen-bond acceptors (Lipinski definition) is 11. The van der Waals surface area contributed by atoms with Gasteiger partial charge in [-0.3, -0.25) is 29.6 Å². The molecule has 7 aromatic rings. The van der Waals surface area contributed by atoms with Gasteiger partial charge in [0.15, 0.2) is 5.41 Å². The van der Waals surface area contributed by atoms with Gasteiger partial charge in [-0.05, 0) is 129 Å². The van der Waals surface area contributed by atoms with Crippen molar-refractivity contribution in [1.29, 1.82) is 0 Å². The van der Waals surface area contributed by atoms with Crippen molar-refractivity contribution in [1.82, 2.24) is 34.7 Å². The molecule has 0 aliphatic heterocycles. The Morgan fingerprint density at radius 1 is 0.754 bits per heavy atom. The van der Waals surface area contributed by atoms with E-state index in [0.717, 1.165) is 49.9 Å². The standard InChI is InChI=1S/C23H20F3N5O2.C18H19N5O2.C5H5F3O2.CH4/c1-12-4-5-15(28-21-29-20(33-30-21)22(6-7-22)23(24,25)26)10-16(12)17-9-14-11-27-13(2)8-18(14)31(3)19(17)32;1-10-4-5-13(21-18(19)22-25)8-14(10)15-7-12-9-20-11(2)6-16(12)23(3)17(15)24;6-5(7,8)4(1-2-4)3(9)10;/h4-5,8-11H,6-7H2,1-3H3,(H,28,30);4-9,25H,1-3H3,(H3,19,21,22);1-2H2,(H,9,10);1H4. The third kappa shape index (κ3) is 10.0. The first-order valence-electron chi connectivity index (χ1n) is 20.8. The number of halogens is 6. The van der Waals surface area contributed by atoms with Crippen molar-refractivity contribution in [2.75, 3.05) is 5.32 Å². The van der Waals surface area contributed by atoms with Crippen LogP contribution in [0.3, 0.4) is 0 Å². The van der Waals surface area contributed by atoms with Crippen molar-refractivity contribution >= 4 is 51.1 Å². The van der Waals surface area contributed by atoms with Crippen LogP contribution in [-0.4, -0.2) is 63.8 Å². The summed E-state index contributed by atoms with van der Waals surface area (Å²) in [6.07, 6.45) is -6.19. The summed E-state index contributed by atoms with van der Waals surface area (Å²) in [5, 5.41) is 25.2.